The van der Waals surface area contributed by atoms with Gasteiger partial charge in [0.1, 0.15) is 11.4 Å². The Bertz CT molecular complexity index is 769. The summed E-state index contributed by atoms with van der Waals surface area (Å²) in [7, 11) is 1.64. The predicted octanol–water partition coefficient (Wildman–Crippen LogP) is 4.96. The van der Waals surface area contributed by atoms with E-state index in [1.165, 1.54) is 11.3 Å². The van der Waals surface area contributed by atoms with Crippen LogP contribution in [0.4, 0.5) is 0 Å². The third-order valence-corrected chi connectivity index (χ3v) is 5.34. The predicted molar refractivity (Wildman–Crippen MR) is 96.5 cm³/mol. The molecule has 4 nitrogen and oxygen atoms in total. The molecule has 1 aromatic carbocycles. The van der Waals surface area contributed by atoms with Crippen LogP contribution in [0, 0.1) is 0 Å². The number of carbonyl (C=O) groups excluding carboxylic acids is 1. The van der Waals surface area contributed by atoms with Gasteiger partial charge in [-0.3, -0.25) is 4.79 Å². The number of ether oxygens (including phenoxy) is 1. The first-order chi connectivity index (χ1) is 11.5. The maximum absolute atomic E-state index is 12.2. The van der Waals surface area contributed by atoms with Gasteiger partial charge in [-0.2, -0.15) is 0 Å². The molecule has 1 aromatic heterocycles. The van der Waals surface area contributed by atoms with Crippen molar-refractivity contribution in [3.05, 3.63) is 51.2 Å². The number of carbonyl (C=O) groups is 1. The van der Waals surface area contributed by atoms with Crippen molar-refractivity contribution in [1.29, 1.82) is 0 Å². The summed E-state index contributed by atoms with van der Waals surface area (Å²) in [4.78, 5) is 18.6. The van der Waals surface area contributed by atoms with Crippen molar-refractivity contribution in [2.75, 3.05) is 7.11 Å². The van der Waals surface area contributed by atoms with Gasteiger partial charge in [0.25, 0.3) is 0 Å². The number of methoxy groups -OCH3 is 1. The Morgan fingerprint density at radius 3 is 2.71 bits per heavy atom. The molecule has 0 saturated heterocycles. The summed E-state index contributed by atoms with van der Waals surface area (Å²) in [6.45, 7) is 1.99. The summed E-state index contributed by atoms with van der Waals surface area (Å²) < 4.78 is 5.80. The number of hydrogen-bond acceptors (Lipinski definition) is 5. The van der Waals surface area contributed by atoms with Crippen LogP contribution in [0.2, 0.25) is 4.34 Å². The SMILES string of the molecule is COc1ccc(C2=NOC(C)(CCC(=O)c3ccc(Cl)s3)C2)cc1. The fraction of sp³-hybridized carbons (Fsp3) is 0.333. The molecule has 0 spiro atoms. The fourth-order valence-corrected chi connectivity index (χ4v) is 3.63. The zero-order valence-electron chi connectivity index (χ0n) is 13.5. The number of halogens is 1. The average molecular weight is 364 g/mol. The summed E-state index contributed by atoms with van der Waals surface area (Å²) in [5.41, 5.74) is 1.45. The molecule has 1 atom stereocenters. The number of thiophene rings is 1. The number of hydrogen-bond donors (Lipinski definition) is 0. The molecule has 0 N–H and O–H groups in total. The second-order valence-corrected chi connectivity index (χ2v) is 7.73. The van der Waals surface area contributed by atoms with Crippen LogP contribution in [-0.4, -0.2) is 24.2 Å². The van der Waals surface area contributed by atoms with E-state index in [1.54, 1.807) is 19.2 Å². The highest BCUT2D eigenvalue weighted by Crippen LogP contribution is 2.32. The molecule has 0 amide bonds. The zero-order chi connectivity index (χ0) is 17.2. The van der Waals surface area contributed by atoms with Crippen LogP contribution in [-0.2, 0) is 4.84 Å². The van der Waals surface area contributed by atoms with Gasteiger partial charge in [-0.05, 0) is 55.3 Å². The van der Waals surface area contributed by atoms with Crippen LogP contribution >= 0.6 is 22.9 Å². The Kier molecular flexibility index (Phi) is 4.92. The standard InChI is InChI=1S/C18H18ClNO3S/c1-18(10-9-15(21)16-7-8-17(19)24-16)11-14(20-23-18)12-3-5-13(22-2)6-4-12/h3-8H,9-11H2,1-2H3. The van der Waals surface area contributed by atoms with Gasteiger partial charge in [0, 0.05) is 12.8 Å². The van der Waals surface area contributed by atoms with E-state index in [1.807, 2.05) is 31.2 Å². The normalized spacial score (nSPS) is 19.7. The first kappa shape index (κ1) is 17.0. The second-order valence-electron chi connectivity index (χ2n) is 6.01. The van der Waals surface area contributed by atoms with Gasteiger partial charge in [-0.25, -0.2) is 0 Å². The molecule has 1 unspecified atom stereocenters. The monoisotopic (exact) mass is 363 g/mol. The quantitative estimate of drug-likeness (QED) is 0.682. The summed E-state index contributed by atoms with van der Waals surface area (Å²) >= 11 is 7.19. The highest BCUT2D eigenvalue weighted by Gasteiger charge is 2.35. The van der Waals surface area contributed by atoms with E-state index < -0.39 is 5.60 Å². The molecular weight excluding hydrogens is 346 g/mol. The Labute approximate surface area is 150 Å². The summed E-state index contributed by atoms with van der Waals surface area (Å²) in [5.74, 6) is 0.899. The number of rotatable bonds is 6. The molecule has 0 aliphatic carbocycles. The highest BCUT2D eigenvalue weighted by molar-refractivity contribution is 7.18. The molecule has 1 aliphatic rings. The van der Waals surface area contributed by atoms with Crippen LogP contribution in [0.5, 0.6) is 5.75 Å². The molecule has 3 rings (SSSR count). The first-order valence-electron chi connectivity index (χ1n) is 7.67. The molecule has 2 aromatic rings. The number of ketones is 1. The van der Waals surface area contributed by atoms with Crippen molar-refractivity contribution in [3.8, 4) is 5.75 Å². The van der Waals surface area contributed by atoms with Gasteiger partial charge < -0.3 is 9.57 Å². The minimum absolute atomic E-state index is 0.0922. The van der Waals surface area contributed by atoms with Crippen LogP contribution in [0.15, 0.2) is 41.6 Å². The van der Waals surface area contributed by atoms with Gasteiger partial charge in [-0.15, -0.1) is 11.3 Å². The summed E-state index contributed by atoms with van der Waals surface area (Å²) in [5, 5.41) is 4.22. The molecule has 0 bridgehead atoms. The lowest BCUT2D eigenvalue weighted by atomic mass is 9.91. The van der Waals surface area contributed by atoms with Gasteiger partial charge in [0.05, 0.1) is 22.0 Å². The summed E-state index contributed by atoms with van der Waals surface area (Å²) in [6.07, 6.45) is 1.71. The van der Waals surface area contributed by atoms with Gasteiger partial charge >= 0.3 is 0 Å². The first-order valence-corrected chi connectivity index (χ1v) is 8.86. The molecule has 0 fully saturated rings. The Morgan fingerprint density at radius 2 is 2.08 bits per heavy atom. The van der Waals surface area contributed by atoms with E-state index in [0.717, 1.165) is 17.0 Å². The van der Waals surface area contributed by atoms with Crippen LogP contribution in [0.1, 0.15) is 41.4 Å². The van der Waals surface area contributed by atoms with Crippen LogP contribution in [0.3, 0.4) is 0 Å². The van der Waals surface area contributed by atoms with Crippen molar-refractivity contribution < 1.29 is 14.4 Å². The number of oxime groups is 1. The molecule has 2 heterocycles. The molecule has 6 heteroatoms. The molecule has 1 aliphatic heterocycles. The van der Waals surface area contributed by atoms with Gasteiger partial charge in [-0.1, -0.05) is 16.8 Å². The Hall–Kier alpha value is -1.85. The van der Waals surface area contributed by atoms with Crippen molar-refractivity contribution in [1.82, 2.24) is 0 Å². The fourth-order valence-electron chi connectivity index (χ4n) is 2.62. The largest absolute Gasteiger partial charge is 0.497 e. The molecule has 0 saturated carbocycles. The van der Waals surface area contributed by atoms with Crippen LogP contribution < -0.4 is 4.74 Å². The third-order valence-electron chi connectivity index (χ3n) is 4.07. The minimum Gasteiger partial charge on any atom is -0.497 e. The maximum Gasteiger partial charge on any atom is 0.172 e. The highest BCUT2D eigenvalue weighted by atomic mass is 35.5. The zero-order valence-corrected chi connectivity index (χ0v) is 15.1. The number of nitrogens with zero attached hydrogens (tertiary/aromatic N) is 1. The Balaban J connectivity index is 1.59. The molecule has 126 valence electrons. The molecular formula is C18H18ClNO3S. The Morgan fingerprint density at radius 1 is 1.33 bits per heavy atom. The lowest BCUT2D eigenvalue weighted by molar-refractivity contribution is -0.0103. The summed E-state index contributed by atoms with van der Waals surface area (Å²) in [6, 6.07) is 11.2. The number of benzene rings is 1. The lowest BCUT2D eigenvalue weighted by Crippen LogP contribution is -2.25. The van der Waals surface area contributed by atoms with Crippen molar-refractivity contribution in [2.24, 2.45) is 5.16 Å². The van der Waals surface area contributed by atoms with E-state index in [-0.39, 0.29) is 5.78 Å². The van der Waals surface area contributed by atoms with E-state index in [4.69, 9.17) is 21.2 Å². The third kappa shape index (κ3) is 3.79. The maximum atomic E-state index is 12.2. The molecule has 24 heavy (non-hydrogen) atoms. The molecule has 0 radical (unpaired) electrons. The van der Waals surface area contributed by atoms with Crippen molar-refractivity contribution in [2.45, 2.75) is 31.8 Å². The number of Topliss-reactive ketones (excluding diaryl/α,β-unsaturated/α-hetero) is 1. The van der Waals surface area contributed by atoms with Crippen LogP contribution in [0.25, 0.3) is 0 Å². The second kappa shape index (κ2) is 6.95. The van der Waals surface area contributed by atoms with E-state index in [0.29, 0.717) is 28.5 Å². The smallest absolute Gasteiger partial charge is 0.172 e. The van der Waals surface area contributed by atoms with E-state index >= 15 is 0 Å². The van der Waals surface area contributed by atoms with E-state index in [2.05, 4.69) is 5.16 Å². The topological polar surface area (TPSA) is 47.9 Å². The van der Waals surface area contributed by atoms with E-state index in [9.17, 15) is 4.79 Å². The lowest BCUT2D eigenvalue weighted by Gasteiger charge is -2.20. The van der Waals surface area contributed by atoms with Crippen molar-refractivity contribution >= 4 is 34.4 Å². The average Bonchev–Trinajstić information content (AvgIpc) is 3.20. The van der Waals surface area contributed by atoms with Gasteiger partial charge in [0.15, 0.2) is 5.78 Å². The van der Waals surface area contributed by atoms with Gasteiger partial charge in [0.2, 0.25) is 0 Å². The minimum atomic E-state index is -0.452. The van der Waals surface area contributed by atoms with Crippen molar-refractivity contribution in [3.63, 3.8) is 0 Å².